The Labute approximate surface area is 191 Å². The van der Waals surface area contributed by atoms with Crippen molar-refractivity contribution in [2.24, 2.45) is 0 Å². The third-order valence-electron chi connectivity index (χ3n) is 5.58. The number of benzene rings is 1. The van der Waals surface area contributed by atoms with Crippen LogP contribution in [0, 0.1) is 0 Å². The SMILES string of the molecule is COc1ccc(C(=O)OC(C)C(=O)N(C(C)C)C(C)C)cc1S(=O)(=O)N1CCCCCC1. The molecule has 1 amide bonds. The first-order chi connectivity index (χ1) is 15.0. The van der Waals surface area contributed by atoms with Crippen LogP contribution in [0.5, 0.6) is 5.75 Å². The third kappa shape index (κ3) is 6.01. The zero-order valence-electron chi connectivity index (χ0n) is 20.0. The van der Waals surface area contributed by atoms with Gasteiger partial charge in [0.2, 0.25) is 10.0 Å². The fourth-order valence-corrected chi connectivity index (χ4v) is 5.72. The number of hydrogen-bond acceptors (Lipinski definition) is 6. The summed E-state index contributed by atoms with van der Waals surface area (Å²) in [5, 5.41) is 0. The van der Waals surface area contributed by atoms with E-state index < -0.39 is 22.1 Å². The number of sulfonamides is 1. The van der Waals surface area contributed by atoms with Crippen molar-refractivity contribution in [3.8, 4) is 5.75 Å². The second-order valence-corrected chi connectivity index (χ2v) is 10.6. The van der Waals surface area contributed by atoms with Crippen molar-refractivity contribution in [2.75, 3.05) is 20.2 Å². The Bertz CT molecular complexity index is 897. The van der Waals surface area contributed by atoms with Crippen LogP contribution in [0.3, 0.4) is 0 Å². The van der Waals surface area contributed by atoms with Crippen molar-refractivity contribution in [3.63, 3.8) is 0 Å². The zero-order chi connectivity index (χ0) is 24.1. The van der Waals surface area contributed by atoms with Crippen molar-refractivity contribution in [1.29, 1.82) is 0 Å². The molecule has 0 radical (unpaired) electrons. The molecule has 0 bridgehead atoms. The van der Waals surface area contributed by atoms with Crippen LogP contribution < -0.4 is 4.74 Å². The van der Waals surface area contributed by atoms with E-state index in [0.717, 1.165) is 25.7 Å². The van der Waals surface area contributed by atoms with Gasteiger partial charge < -0.3 is 14.4 Å². The fraction of sp³-hybridized carbons (Fsp3) is 0.652. The van der Waals surface area contributed by atoms with Gasteiger partial charge in [0.25, 0.3) is 5.91 Å². The zero-order valence-corrected chi connectivity index (χ0v) is 20.8. The molecule has 1 aromatic carbocycles. The number of hydrogen-bond donors (Lipinski definition) is 0. The van der Waals surface area contributed by atoms with E-state index in [0.29, 0.717) is 13.1 Å². The number of carbonyl (C=O) groups excluding carboxylic acids is 2. The molecule has 0 aliphatic carbocycles. The molecule has 1 aliphatic rings. The summed E-state index contributed by atoms with van der Waals surface area (Å²) in [6.07, 6.45) is 2.58. The summed E-state index contributed by atoms with van der Waals surface area (Å²) in [5.41, 5.74) is 0.0551. The molecule has 0 aromatic heterocycles. The molecule has 0 saturated carbocycles. The van der Waals surface area contributed by atoms with E-state index in [-0.39, 0.29) is 34.2 Å². The number of amides is 1. The largest absolute Gasteiger partial charge is 0.495 e. The van der Waals surface area contributed by atoms with Crippen LogP contribution in [-0.4, -0.2) is 67.9 Å². The van der Waals surface area contributed by atoms with E-state index in [1.54, 1.807) is 4.90 Å². The van der Waals surface area contributed by atoms with Crippen molar-refractivity contribution < 1.29 is 27.5 Å². The number of esters is 1. The number of ether oxygens (including phenoxy) is 2. The van der Waals surface area contributed by atoms with Crippen LogP contribution in [0.4, 0.5) is 0 Å². The van der Waals surface area contributed by atoms with Gasteiger partial charge in [-0.2, -0.15) is 4.31 Å². The summed E-state index contributed by atoms with van der Waals surface area (Å²) in [6.45, 7) is 9.99. The molecule has 32 heavy (non-hydrogen) atoms. The molecule has 8 nitrogen and oxygen atoms in total. The average Bonchev–Trinajstić information content (AvgIpc) is 3.02. The summed E-state index contributed by atoms with van der Waals surface area (Å²) in [7, 11) is -2.45. The molecule has 1 aliphatic heterocycles. The molecule has 1 fully saturated rings. The van der Waals surface area contributed by atoms with Gasteiger partial charge in [0.1, 0.15) is 10.6 Å². The quantitative estimate of drug-likeness (QED) is 0.543. The first-order valence-electron chi connectivity index (χ1n) is 11.2. The smallest absolute Gasteiger partial charge is 0.338 e. The van der Waals surface area contributed by atoms with E-state index >= 15 is 0 Å². The lowest BCUT2D eigenvalue weighted by atomic mass is 10.2. The van der Waals surface area contributed by atoms with Gasteiger partial charge >= 0.3 is 5.97 Å². The molecule has 9 heteroatoms. The lowest BCUT2D eigenvalue weighted by Gasteiger charge is -2.32. The van der Waals surface area contributed by atoms with E-state index in [2.05, 4.69) is 0 Å². The highest BCUT2D eigenvalue weighted by molar-refractivity contribution is 7.89. The van der Waals surface area contributed by atoms with Crippen molar-refractivity contribution in [1.82, 2.24) is 9.21 Å². The van der Waals surface area contributed by atoms with Crippen LogP contribution in [0.2, 0.25) is 0 Å². The Morgan fingerprint density at radius 3 is 2.03 bits per heavy atom. The van der Waals surface area contributed by atoms with Crippen molar-refractivity contribution >= 4 is 21.9 Å². The van der Waals surface area contributed by atoms with Gasteiger partial charge in [-0.15, -0.1) is 0 Å². The van der Waals surface area contributed by atoms with Crippen molar-refractivity contribution in [2.45, 2.75) is 83.4 Å². The minimum atomic E-state index is -3.84. The van der Waals surface area contributed by atoms with Gasteiger partial charge in [0.05, 0.1) is 12.7 Å². The highest BCUT2D eigenvalue weighted by atomic mass is 32.2. The Hall–Kier alpha value is -2.13. The predicted molar refractivity (Wildman–Crippen MR) is 122 cm³/mol. The Morgan fingerprint density at radius 2 is 1.53 bits per heavy atom. The van der Waals surface area contributed by atoms with Crippen LogP contribution in [0.1, 0.15) is 70.7 Å². The molecule has 180 valence electrons. The van der Waals surface area contributed by atoms with Gasteiger partial charge in [0, 0.05) is 25.2 Å². The maximum Gasteiger partial charge on any atom is 0.338 e. The summed E-state index contributed by atoms with van der Waals surface area (Å²) in [5.74, 6) is -0.886. The number of nitrogens with zero attached hydrogens (tertiary/aromatic N) is 2. The van der Waals surface area contributed by atoms with Gasteiger partial charge in [-0.25, -0.2) is 13.2 Å². The second-order valence-electron chi connectivity index (χ2n) is 8.66. The van der Waals surface area contributed by atoms with Gasteiger partial charge in [0.15, 0.2) is 6.10 Å². The molecule has 0 spiro atoms. The molecule has 2 rings (SSSR count). The van der Waals surface area contributed by atoms with Gasteiger partial charge in [-0.1, -0.05) is 12.8 Å². The Kier molecular flexibility index (Phi) is 9.09. The number of carbonyl (C=O) groups is 2. The lowest BCUT2D eigenvalue weighted by molar-refractivity contribution is -0.143. The molecule has 0 N–H and O–H groups in total. The van der Waals surface area contributed by atoms with Gasteiger partial charge in [-0.05, 0) is 65.7 Å². The fourth-order valence-electron chi connectivity index (χ4n) is 4.02. The summed E-state index contributed by atoms with van der Waals surface area (Å²) >= 11 is 0. The highest BCUT2D eigenvalue weighted by Gasteiger charge is 2.31. The maximum atomic E-state index is 13.3. The first kappa shape index (κ1) is 26.1. The monoisotopic (exact) mass is 468 g/mol. The molecular weight excluding hydrogens is 432 g/mol. The van der Waals surface area contributed by atoms with Gasteiger partial charge in [-0.3, -0.25) is 4.79 Å². The topological polar surface area (TPSA) is 93.2 Å². The normalized spacial score (nSPS) is 16.5. The van der Waals surface area contributed by atoms with Crippen LogP contribution in [-0.2, 0) is 19.6 Å². The minimum absolute atomic E-state index is 0.0463. The standard InChI is InChI=1S/C23H36N2O6S/c1-16(2)25(17(3)4)22(26)18(5)31-23(27)19-11-12-20(30-6)21(15-19)32(28,29)24-13-9-7-8-10-14-24/h11-12,15-18H,7-10,13-14H2,1-6H3. The van der Waals surface area contributed by atoms with E-state index in [9.17, 15) is 18.0 Å². The number of rotatable bonds is 8. The third-order valence-corrected chi connectivity index (χ3v) is 7.50. The molecule has 1 heterocycles. The summed E-state index contributed by atoms with van der Waals surface area (Å²) < 4.78 is 38.7. The Morgan fingerprint density at radius 1 is 0.969 bits per heavy atom. The highest BCUT2D eigenvalue weighted by Crippen LogP contribution is 2.30. The average molecular weight is 469 g/mol. The van der Waals surface area contributed by atoms with E-state index in [1.165, 1.54) is 36.5 Å². The summed E-state index contributed by atoms with van der Waals surface area (Å²) in [4.78, 5) is 27.2. The molecule has 1 unspecified atom stereocenters. The van der Waals surface area contributed by atoms with Crippen LogP contribution >= 0.6 is 0 Å². The first-order valence-corrected chi connectivity index (χ1v) is 12.7. The molecular formula is C23H36N2O6S. The Balaban J connectivity index is 2.29. The summed E-state index contributed by atoms with van der Waals surface area (Å²) in [6, 6.07) is 4.08. The molecule has 1 atom stereocenters. The predicted octanol–water partition coefficient (Wildman–Crippen LogP) is 3.45. The maximum absolute atomic E-state index is 13.3. The number of methoxy groups -OCH3 is 1. The van der Waals surface area contributed by atoms with E-state index in [4.69, 9.17) is 9.47 Å². The van der Waals surface area contributed by atoms with Crippen molar-refractivity contribution in [3.05, 3.63) is 23.8 Å². The second kappa shape index (κ2) is 11.1. The molecule has 1 saturated heterocycles. The van der Waals surface area contributed by atoms with Crippen LogP contribution in [0.15, 0.2) is 23.1 Å². The van der Waals surface area contributed by atoms with E-state index in [1.807, 2.05) is 27.7 Å². The minimum Gasteiger partial charge on any atom is -0.495 e. The van der Waals surface area contributed by atoms with Crippen LogP contribution in [0.25, 0.3) is 0 Å². The molecule has 1 aromatic rings. The lowest BCUT2D eigenvalue weighted by Crippen LogP contribution is -2.47.